The van der Waals surface area contributed by atoms with Crippen molar-refractivity contribution >= 4 is 0 Å². The van der Waals surface area contributed by atoms with Crippen LogP contribution in [0.3, 0.4) is 0 Å². The maximum atomic E-state index is 10.5. The predicted octanol–water partition coefficient (Wildman–Crippen LogP) is 0.394. The zero-order chi connectivity index (χ0) is 12.5. The Morgan fingerprint density at radius 2 is 2.35 bits per heavy atom. The van der Waals surface area contributed by atoms with Gasteiger partial charge in [0.15, 0.2) is 0 Å². The molecule has 0 aliphatic carbocycles. The van der Waals surface area contributed by atoms with Crippen LogP contribution in [0, 0.1) is 6.92 Å². The van der Waals surface area contributed by atoms with Crippen LogP contribution in [0.5, 0.6) is 5.88 Å². The van der Waals surface area contributed by atoms with Crippen LogP contribution in [0.25, 0.3) is 0 Å². The highest BCUT2D eigenvalue weighted by atomic mass is 16.5. The highest BCUT2D eigenvalue weighted by Crippen LogP contribution is 2.28. The molecule has 2 N–H and O–H groups in total. The van der Waals surface area contributed by atoms with Crippen LogP contribution in [0.2, 0.25) is 0 Å². The van der Waals surface area contributed by atoms with Crippen molar-refractivity contribution in [1.29, 1.82) is 0 Å². The molecule has 0 amide bonds. The first kappa shape index (κ1) is 12.4. The number of aliphatic hydroxyl groups is 1. The van der Waals surface area contributed by atoms with Gasteiger partial charge >= 0.3 is 0 Å². The van der Waals surface area contributed by atoms with Gasteiger partial charge in [-0.25, -0.2) is 4.68 Å². The normalized spacial score (nSPS) is 24.9. The summed E-state index contributed by atoms with van der Waals surface area (Å²) < 4.78 is 7.08. The van der Waals surface area contributed by atoms with E-state index in [1.54, 1.807) is 11.8 Å². The third kappa shape index (κ3) is 2.45. The highest BCUT2D eigenvalue weighted by molar-refractivity contribution is 5.32. The van der Waals surface area contributed by atoms with Crippen molar-refractivity contribution in [3.05, 3.63) is 11.3 Å². The molecule has 2 rings (SSSR count). The summed E-state index contributed by atoms with van der Waals surface area (Å²) in [6, 6.07) is 0. The lowest BCUT2D eigenvalue weighted by molar-refractivity contribution is 0.0163. The molecule has 1 saturated heterocycles. The molecule has 0 radical (unpaired) electrons. The van der Waals surface area contributed by atoms with Gasteiger partial charge in [0.1, 0.15) is 0 Å². The van der Waals surface area contributed by atoms with E-state index in [1.807, 2.05) is 14.0 Å². The monoisotopic (exact) mass is 239 g/mol. The average molecular weight is 239 g/mol. The molecule has 1 atom stereocenters. The summed E-state index contributed by atoms with van der Waals surface area (Å²) in [6.45, 7) is 3.59. The maximum Gasteiger partial charge on any atom is 0.214 e. The molecule has 1 aliphatic rings. The standard InChI is InChI=1S/C12H21N3O2/c1-9-10(11(17-3)15(2)14-9)7-12(16)5-4-6-13-8-12/h13,16H,4-8H2,1-3H3. The van der Waals surface area contributed by atoms with Gasteiger partial charge in [0, 0.05) is 25.6 Å². The second-order valence-electron chi connectivity index (χ2n) is 4.88. The third-order valence-electron chi connectivity index (χ3n) is 3.44. The van der Waals surface area contributed by atoms with Crippen LogP contribution < -0.4 is 10.1 Å². The van der Waals surface area contributed by atoms with E-state index in [9.17, 15) is 5.11 Å². The number of aromatic nitrogens is 2. The summed E-state index contributed by atoms with van der Waals surface area (Å²) in [6.07, 6.45) is 2.44. The quantitative estimate of drug-likeness (QED) is 0.801. The summed E-state index contributed by atoms with van der Waals surface area (Å²) in [5.74, 6) is 0.751. The van der Waals surface area contributed by atoms with Crippen molar-refractivity contribution in [2.75, 3.05) is 20.2 Å². The molecule has 1 unspecified atom stereocenters. The molecule has 2 heterocycles. The first-order valence-electron chi connectivity index (χ1n) is 6.05. The van der Waals surface area contributed by atoms with Gasteiger partial charge in [-0.15, -0.1) is 0 Å². The molecule has 1 aromatic rings. The highest BCUT2D eigenvalue weighted by Gasteiger charge is 2.32. The SMILES string of the molecule is COc1c(CC2(O)CCCNC2)c(C)nn1C. The molecular formula is C12H21N3O2. The van der Waals surface area contributed by atoms with E-state index < -0.39 is 5.60 Å². The lowest BCUT2D eigenvalue weighted by Crippen LogP contribution is -2.47. The van der Waals surface area contributed by atoms with Gasteiger partial charge < -0.3 is 15.2 Å². The van der Waals surface area contributed by atoms with E-state index in [-0.39, 0.29) is 0 Å². The summed E-state index contributed by atoms with van der Waals surface area (Å²) >= 11 is 0. The first-order chi connectivity index (χ1) is 8.06. The number of nitrogens with zero attached hydrogens (tertiary/aromatic N) is 2. The van der Waals surface area contributed by atoms with Crippen LogP contribution in [-0.4, -0.2) is 40.7 Å². The van der Waals surface area contributed by atoms with Crippen molar-refractivity contribution in [2.24, 2.45) is 7.05 Å². The Bertz CT molecular complexity index is 395. The molecule has 0 spiro atoms. The minimum absolute atomic E-state index is 0.600. The predicted molar refractivity (Wildman–Crippen MR) is 65.3 cm³/mol. The Kier molecular flexibility index (Phi) is 3.40. The van der Waals surface area contributed by atoms with Crippen LogP contribution in [-0.2, 0) is 13.5 Å². The Labute approximate surface area is 102 Å². The molecule has 1 fully saturated rings. The fourth-order valence-electron chi connectivity index (χ4n) is 2.57. The molecule has 17 heavy (non-hydrogen) atoms. The number of hydrogen-bond donors (Lipinski definition) is 2. The second kappa shape index (κ2) is 4.66. The number of rotatable bonds is 3. The van der Waals surface area contributed by atoms with Crippen molar-refractivity contribution in [3.63, 3.8) is 0 Å². The Morgan fingerprint density at radius 1 is 1.59 bits per heavy atom. The fourth-order valence-corrected chi connectivity index (χ4v) is 2.57. The van der Waals surface area contributed by atoms with Gasteiger partial charge in [-0.05, 0) is 26.3 Å². The minimum atomic E-state index is -0.667. The molecule has 1 aliphatic heterocycles. The Hall–Kier alpha value is -1.07. The lowest BCUT2D eigenvalue weighted by atomic mass is 9.87. The molecule has 0 aromatic carbocycles. The van der Waals surface area contributed by atoms with Gasteiger partial charge in [-0.2, -0.15) is 5.10 Å². The molecule has 0 saturated carbocycles. The number of ether oxygens (including phenoxy) is 1. The minimum Gasteiger partial charge on any atom is -0.481 e. The number of hydrogen-bond acceptors (Lipinski definition) is 4. The van der Waals surface area contributed by atoms with E-state index in [0.717, 1.165) is 36.5 Å². The topological polar surface area (TPSA) is 59.3 Å². The number of piperidine rings is 1. The molecular weight excluding hydrogens is 218 g/mol. The molecule has 5 nitrogen and oxygen atoms in total. The number of β-amino-alcohol motifs (C(OH)–C–C–N with tert-alkyl or cyclic N) is 1. The summed E-state index contributed by atoms with van der Waals surface area (Å²) in [4.78, 5) is 0. The smallest absolute Gasteiger partial charge is 0.214 e. The fraction of sp³-hybridized carbons (Fsp3) is 0.750. The van der Waals surface area contributed by atoms with E-state index in [2.05, 4.69) is 10.4 Å². The van der Waals surface area contributed by atoms with E-state index in [0.29, 0.717) is 13.0 Å². The number of aryl methyl sites for hydroxylation is 2. The molecule has 5 heteroatoms. The summed E-state index contributed by atoms with van der Waals surface area (Å²) in [5, 5.41) is 18.1. The van der Waals surface area contributed by atoms with Crippen molar-refractivity contribution in [1.82, 2.24) is 15.1 Å². The summed E-state index contributed by atoms with van der Waals surface area (Å²) in [5.41, 5.74) is 1.28. The van der Waals surface area contributed by atoms with Crippen molar-refractivity contribution in [2.45, 2.75) is 31.8 Å². The van der Waals surface area contributed by atoms with Gasteiger partial charge in [0.25, 0.3) is 0 Å². The Balaban J connectivity index is 2.22. The van der Waals surface area contributed by atoms with Gasteiger partial charge in [0.2, 0.25) is 5.88 Å². The zero-order valence-electron chi connectivity index (χ0n) is 10.8. The largest absolute Gasteiger partial charge is 0.481 e. The molecule has 96 valence electrons. The van der Waals surface area contributed by atoms with Crippen molar-refractivity contribution in [3.8, 4) is 5.88 Å². The van der Waals surface area contributed by atoms with E-state index in [1.165, 1.54) is 0 Å². The molecule has 1 aromatic heterocycles. The number of methoxy groups -OCH3 is 1. The van der Waals surface area contributed by atoms with E-state index in [4.69, 9.17) is 4.74 Å². The first-order valence-corrected chi connectivity index (χ1v) is 6.05. The van der Waals surface area contributed by atoms with Gasteiger partial charge in [-0.3, -0.25) is 0 Å². The van der Waals surface area contributed by atoms with Crippen molar-refractivity contribution < 1.29 is 9.84 Å². The van der Waals surface area contributed by atoms with Gasteiger partial charge in [0.05, 0.1) is 18.4 Å². The maximum absolute atomic E-state index is 10.5. The van der Waals surface area contributed by atoms with Gasteiger partial charge in [-0.1, -0.05) is 0 Å². The average Bonchev–Trinajstić information content (AvgIpc) is 2.54. The van der Waals surface area contributed by atoms with Crippen LogP contribution in [0.15, 0.2) is 0 Å². The third-order valence-corrected chi connectivity index (χ3v) is 3.44. The second-order valence-corrected chi connectivity index (χ2v) is 4.88. The summed E-state index contributed by atoms with van der Waals surface area (Å²) in [7, 11) is 3.50. The number of nitrogens with one attached hydrogen (secondary N) is 1. The van der Waals surface area contributed by atoms with Crippen LogP contribution in [0.4, 0.5) is 0 Å². The van der Waals surface area contributed by atoms with Crippen LogP contribution >= 0.6 is 0 Å². The van der Waals surface area contributed by atoms with Crippen LogP contribution in [0.1, 0.15) is 24.1 Å². The van der Waals surface area contributed by atoms with E-state index >= 15 is 0 Å². The molecule has 0 bridgehead atoms. The Morgan fingerprint density at radius 3 is 2.94 bits per heavy atom. The lowest BCUT2D eigenvalue weighted by Gasteiger charge is -2.32. The zero-order valence-corrected chi connectivity index (χ0v) is 10.8.